The molecule has 1 fully saturated rings. The Morgan fingerprint density at radius 2 is 2.00 bits per heavy atom. The molecule has 1 aliphatic rings. The molecule has 2 rings (SSSR count). The molecule has 1 aromatic rings. The molecule has 0 atom stereocenters. The van der Waals surface area contributed by atoms with Crippen molar-refractivity contribution < 1.29 is 4.79 Å². The van der Waals surface area contributed by atoms with E-state index in [0.717, 1.165) is 32.5 Å². The minimum absolute atomic E-state index is 0.00829. The minimum atomic E-state index is -0.00829. The Morgan fingerprint density at radius 1 is 1.32 bits per heavy atom. The van der Waals surface area contributed by atoms with Gasteiger partial charge in [0.15, 0.2) is 5.69 Å². The molecule has 1 saturated heterocycles. The predicted octanol–water partition coefficient (Wildman–Crippen LogP) is 2.17. The average molecular weight is 262 g/mol. The number of anilines is 1. The Labute approximate surface area is 114 Å². The summed E-state index contributed by atoms with van der Waals surface area (Å²) in [7, 11) is 0. The van der Waals surface area contributed by atoms with Crippen molar-refractivity contribution in [3.63, 3.8) is 0 Å². The van der Waals surface area contributed by atoms with Gasteiger partial charge in [0.05, 0.1) is 0 Å². The SMILES string of the molecule is CCNc1ccc(C(=O)N2CCC(C)(C)CC2)nn1. The lowest BCUT2D eigenvalue weighted by atomic mass is 9.82. The topological polar surface area (TPSA) is 58.1 Å². The summed E-state index contributed by atoms with van der Waals surface area (Å²) < 4.78 is 0. The van der Waals surface area contributed by atoms with Crippen LogP contribution in [0.5, 0.6) is 0 Å². The molecular formula is C14H22N4O. The number of hydrogen-bond acceptors (Lipinski definition) is 4. The molecule has 5 heteroatoms. The number of nitrogens with one attached hydrogen (secondary N) is 1. The third-order valence-corrected chi connectivity index (χ3v) is 3.65. The van der Waals surface area contributed by atoms with Crippen molar-refractivity contribution >= 4 is 11.7 Å². The Kier molecular flexibility index (Phi) is 4.02. The van der Waals surface area contributed by atoms with E-state index >= 15 is 0 Å². The largest absolute Gasteiger partial charge is 0.369 e. The van der Waals surface area contributed by atoms with Gasteiger partial charge in [0.1, 0.15) is 5.82 Å². The Morgan fingerprint density at radius 3 is 2.53 bits per heavy atom. The molecule has 1 amide bonds. The van der Waals surface area contributed by atoms with Crippen LogP contribution in [0.25, 0.3) is 0 Å². The van der Waals surface area contributed by atoms with Crippen LogP contribution in [0.1, 0.15) is 44.1 Å². The molecular weight excluding hydrogens is 240 g/mol. The molecule has 2 heterocycles. The number of piperidine rings is 1. The number of amides is 1. The summed E-state index contributed by atoms with van der Waals surface area (Å²) in [6, 6.07) is 3.55. The molecule has 0 bridgehead atoms. The second-order valence-corrected chi connectivity index (χ2v) is 5.79. The fraction of sp³-hybridized carbons (Fsp3) is 0.643. The quantitative estimate of drug-likeness (QED) is 0.907. The molecule has 0 unspecified atom stereocenters. The third-order valence-electron chi connectivity index (χ3n) is 3.65. The number of carbonyl (C=O) groups is 1. The van der Waals surface area contributed by atoms with Crippen LogP contribution in [-0.2, 0) is 0 Å². The fourth-order valence-electron chi connectivity index (χ4n) is 2.20. The molecule has 5 nitrogen and oxygen atoms in total. The van der Waals surface area contributed by atoms with E-state index in [4.69, 9.17) is 0 Å². The van der Waals surface area contributed by atoms with E-state index in [1.165, 1.54) is 0 Å². The summed E-state index contributed by atoms with van der Waals surface area (Å²) in [6.45, 7) is 8.91. The van der Waals surface area contributed by atoms with E-state index in [-0.39, 0.29) is 5.91 Å². The van der Waals surface area contributed by atoms with Gasteiger partial charge in [-0.2, -0.15) is 0 Å². The molecule has 0 aliphatic carbocycles. The summed E-state index contributed by atoms with van der Waals surface area (Å²) in [5.74, 6) is 0.699. The zero-order valence-electron chi connectivity index (χ0n) is 11.9. The first-order chi connectivity index (χ1) is 9.02. The molecule has 0 radical (unpaired) electrons. The molecule has 0 spiro atoms. The van der Waals surface area contributed by atoms with E-state index in [1.54, 1.807) is 12.1 Å². The average Bonchev–Trinajstić information content (AvgIpc) is 2.39. The van der Waals surface area contributed by atoms with Crippen molar-refractivity contribution in [1.82, 2.24) is 15.1 Å². The Balaban J connectivity index is 2.00. The minimum Gasteiger partial charge on any atom is -0.369 e. The monoisotopic (exact) mass is 262 g/mol. The standard InChI is InChI=1S/C14H22N4O/c1-4-15-12-6-5-11(16-17-12)13(19)18-9-7-14(2,3)8-10-18/h5-6H,4,7-10H2,1-3H3,(H,15,17). The lowest BCUT2D eigenvalue weighted by Crippen LogP contribution is -2.41. The van der Waals surface area contributed by atoms with Crippen LogP contribution in [-0.4, -0.2) is 40.6 Å². The van der Waals surface area contributed by atoms with Crippen molar-refractivity contribution in [2.24, 2.45) is 5.41 Å². The molecule has 104 valence electrons. The first-order valence-electron chi connectivity index (χ1n) is 6.89. The van der Waals surface area contributed by atoms with Crippen LogP contribution in [0.4, 0.5) is 5.82 Å². The van der Waals surface area contributed by atoms with Crippen molar-refractivity contribution in [3.8, 4) is 0 Å². The molecule has 0 saturated carbocycles. The highest BCUT2D eigenvalue weighted by Crippen LogP contribution is 2.30. The number of likely N-dealkylation sites (tertiary alicyclic amines) is 1. The highest BCUT2D eigenvalue weighted by molar-refractivity contribution is 5.92. The van der Waals surface area contributed by atoms with Crippen LogP contribution in [0, 0.1) is 5.41 Å². The van der Waals surface area contributed by atoms with Crippen molar-refractivity contribution in [3.05, 3.63) is 17.8 Å². The maximum Gasteiger partial charge on any atom is 0.274 e. The van der Waals surface area contributed by atoms with Gasteiger partial charge in [0.2, 0.25) is 0 Å². The van der Waals surface area contributed by atoms with Crippen molar-refractivity contribution in [2.75, 3.05) is 25.0 Å². The number of carbonyl (C=O) groups excluding carboxylic acids is 1. The third kappa shape index (κ3) is 3.43. The van der Waals surface area contributed by atoms with Crippen LogP contribution in [0.15, 0.2) is 12.1 Å². The lowest BCUT2D eigenvalue weighted by Gasteiger charge is -2.36. The number of rotatable bonds is 3. The Bertz CT molecular complexity index is 431. The van der Waals surface area contributed by atoms with Gasteiger partial charge in [0.25, 0.3) is 5.91 Å². The predicted molar refractivity (Wildman–Crippen MR) is 75.1 cm³/mol. The van der Waals surface area contributed by atoms with Gasteiger partial charge in [0, 0.05) is 19.6 Å². The van der Waals surface area contributed by atoms with Gasteiger partial charge in [-0.15, -0.1) is 10.2 Å². The second kappa shape index (κ2) is 5.55. The van der Waals surface area contributed by atoms with Gasteiger partial charge < -0.3 is 10.2 Å². The zero-order chi connectivity index (χ0) is 13.9. The Hall–Kier alpha value is -1.65. The summed E-state index contributed by atoms with van der Waals surface area (Å²) in [6.07, 6.45) is 2.09. The molecule has 0 aromatic carbocycles. The molecule has 1 aromatic heterocycles. The summed E-state index contributed by atoms with van der Waals surface area (Å²) >= 11 is 0. The lowest BCUT2D eigenvalue weighted by molar-refractivity contribution is 0.0623. The van der Waals surface area contributed by atoms with E-state index in [2.05, 4.69) is 29.4 Å². The van der Waals surface area contributed by atoms with Gasteiger partial charge >= 0.3 is 0 Å². The normalized spacial score (nSPS) is 18.2. The van der Waals surface area contributed by atoms with Crippen LogP contribution in [0.2, 0.25) is 0 Å². The first-order valence-corrected chi connectivity index (χ1v) is 6.89. The van der Waals surface area contributed by atoms with Crippen LogP contribution < -0.4 is 5.32 Å². The smallest absolute Gasteiger partial charge is 0.274 e. The molecule has 19 heavy (non-hydrogen) atoms. The van der Waals surface area contributed by atoms with E-state index < -0.39 is 0 Å². The summed E-state index contributed by atoms with van der Waals surface area (Å²) in [5, 5.41) is 11.1. The van der Waals surface area contributed by atoms with Crippen LogP contribution >= 0.6 is 0 Å². The second-order valence-electron chi connectivity index (χ2n) is 5.79. The maximum atomic E-state index is 12.3. The zero-order valence-corrected chi connectivity index (χ0v) is 11.9. The van der Waals surface area contributed by atoms with E-state index in [1.807, 2.05) is 11.8 Å². The fourth-order valence-corrected chi connectivity index (χ4v) is 2.20. The summed E-state index contributed by atoms with van der Waals surface area (Å²) in [5.41, 5.74) is 0.776. The maximum absolute atomic E-state index is 12.3. The van der Waals surface area contributed by atoms with Gasteiger partial charge in [-0.3, -0.25) is 4.79 Å². The van der Waals surface area contributed by atoms with Crippen molar-refractivity contribution in [2.45, 2.75) is 33.6 Å². The van der Waals surface area contributed by atoms with Gasteiger partial charge in [-0.1, -0.05) is 13.8 Å². The highest BCUT2D eigenvalue weighted by Gasteiger charge is 2.28. The first kappa shape index (κ1) is 13.8. The van der Waals surface area contributed by atoms with Gasteiger partial charge in [-0.05, 0) is 37.3 Å². The number of nitrogens with zero attached hydrogens (tertiary/aromatic N) is 3. The van der Waals surface area contributed by atoms with Crippen molar-refractivity contribution in [1.29, 1.82) is 0 Å². The van der Waals surface area contributed by atoms with E-state index in [0.29, 0.717) is 16.9 Å². The number of aromatic nitrogens is 2. The summed E-state index contributed by atoms with van der Waals surface area (Å²) in [4.78, 5) is 14.2. The van der Waals surface area contributed by atoms with Crippen LogP contribution in [0.3, 0.4) is 0 Å². The van der Waals surface area contributed by atoms with E-state index in [9.17, 15) is 4.79 Å². The van der Waals surface area contributed by atoms with Gasteiger partial charge in [-0.25, -0.2) is 0 Å². The molecule has 1 N–H and O–H groups in total. The highest BCUT2D eigenvalue weighted by atomic mass is 16.2. The number of hydrogen-bond donors (Lipinski definition) is 1. The molecule has 1 aliphatic heterocycles.